The molecule has 3 rings (SSSR count). The Bertz CT molecular complexity index is 797. The molecule has 2 amide bonds. The van der Waals surface area contributed by atoms with E-state index in [1.54, 1.807) is 24.0 Å². The van der Waals surface area contributed by atoms with Gasteiger partial charge in [-0.05, 0) is 30.5 Å². The zero-order chi connectivity index (χ0) is 17.0. The van der Waals surface area contributed by atoms with Crippen LogP contribution in [0.5, 0.6) is 0 Å². The Hall–Kier alpha value is -2.64. The molecule has 3 aromatic rings. The number of rotatable bonds is 5. The standard InChI is InChI=1S/C17H18N4O2S/c1-17(23,15-8-5-9-24-15)12-18-16(22)20-13-10-19-21(11-13)14-6-3-2-4-7-14/h2-11,23H,12H2,1H3,(H2,18,20,22)/t17-/m1/s1. The number of hydrogen-bond acceptors (Lipinski definition) is 4. The lowest BCUT2D eigenvalue weighted by Crippen LogP contribution is -2.40. The summed E-state index contributed by atoms with van der Waals surface area (Å²) in [5.74, 6) is 0. The maximum absolute atomic E-state index is 12.0. The Labute approximate surface area is 143 Å². The fraction of sp³-hybridized carbons (Fsp3) is 0.176. The number of hydrogen-bond donors (Lipinski definition) is 3. The first kappa shape index (κ1) is 16.2. The van der Waals surface area contributed by atoms with Gasteiger partial charge in [0.1, 0.15) is 5.60 Å². The number of thiophene rings is 1. The number of carbonyl (C=O) groups is 1. The van der Waals surface area contributed by atoms with Crippen molar-refractivity contribution >= 4 is 23.1 Å². The number of aliphatic hydroxyl groups is 1. The molecule has 0 unspecified atom stereocenters. The van der Waals surface area contributed by atoms with Gasteiger partial charge in [0.05, 0.1) is 30.3 Å². The first-order valence-electron chi connectivity index (χ1n) is 7.46. The topological polar surface area (TPSA) is 79.2 Å². The minimum atomic E-state index is -1.10. The van der Waals surface area contributed by atoms with E-state index in [1.165, 1.54) is 11.3 Å². The number of aromatic nitrogens is 2. The molecule has 2 aromatic heterocycles. The van der Waals surface area contributed by atoms with Crippen molar-refractivity contribution in [3.8, 4) is 5.69 Å². The van der Waals surface area contributed by atoms with Gasteiger partial charge in [-0.15, -0.1) is 11.3 Å². The third-order valence-electron chi connectivity index (χ3n) is 3.51. The van der Waals surface area contributed by atoms with Crippen molar-refractivity contribution in [3.63, 3.8) is 0 Å². The lowest BCUT2D eigenvalue weighted by Gasteiger charge is -2.22. The average molecular weight is 342 g/mol. The number of benzene rings is 1. The summed E-state index contributed by atoms with van der Waals surface area (Å²) in [5.41, 5.74) is 0.387. The molecule has 0 aliphatic heterocycles. The maximum Gasteiger partial charge on any atom is 0.319 e. The Kier molecular flexibility index (Phi) is 4.64. The van der Waals surface area contributed by atoms with Crippen molar-refractivity contribution < 1.29 is 9.90 Å². The Morgan fingerprint density at radius 2 is 2.08 bits per heavy atom. The molecule has 0 aliphatic carbocycles. The highest BCUT2D eigenvalue weighted by atomic mass is 32.1. The smallest absolute Gasteiger partial charge is 0.319 e. The fourth-order valence-electron chi connectivity index (χ4n) is 2.21. The van der Waals surface area contributed by atoms with Gasteiger partial charge in [0.25, 0.3) is 0 Å². The SMILES string of the molecule is C[C@@](O)(CNC(=O)Nc1cnn(-c2ccccc2)c1)c1cccs1. The molecule has 0 bridgehead atoms. The van der Waals surface area contributed by atoms with Crippen LogP contribution in [-0.4, -0.2) is 27.5 Å². The van der Waals surface area contributed by atoms with Gasteiger partial charge in [-0.25, -0.2) is 9.48 Å². The summed E-state index contributed by atoms with van der Waals surface area (Å²) >= 11 is 1.45. The van der Waals surface area contributed by atoms with E-state index in [4.69, 9.17) is 0 Å². The van der Waals surface area contributed by atoms with E-state index < -0.39 is 5.60 Å². The van der Waals surface area contributed by atoms with E-state index in [-0.39, 0.29) is 12.6 Å². The number of nitrogens with one attached hydrogen (secondary N) is 2. The molecule has 0 fully saturated rings. The van der Waals surface area contributed by atoms with Gasteiger partial charge in [0.2, 0.25) is 0 Å². The van der Waals surface area contributed by atoms with Crippen LogP contribution in [0.4, 0.5) is 10.5 Å². The van der Waals surface area contributed by atoms with Crippen LogP contribution < -0.4 is 10.6 Å². The van der Waals surface area contributed by atoms with Crippen LogP contribution >= 0.6 is 11.3 Å². The van der Waals surface area contributed by atoms with Gasteiger partial charge >= 0.3 is 6.03 Å². The highest BCUT2D eigenvalue weighted by molar-refractivity contribution is 7.10. The molecule has 0 radical (unpaired) electrons. The third kappa shape index (κ3) is 3.81. The molecule has 0 saturated carbocycles. The van der Waals surface area contributed by atoms with E-state index in [0.29, 0.717) is 5.69 Å². The average Bonchev–Trinajstić information content (AvgIpc) is 3.26. The van der Waals surface area contributed by atoms with Crippen molar-refractivity contribution in [2.75, 3.05) is 11.9 Å². The molecule has 2 heterocycles. The lowest BCUT2D eigenvalue weighted by atomic mass is 10.1. The van der Waals surface area contributed by atoms with Crippen LogP contribution in [0.1, 0.15) is 11.8 Å². The largest absolute Gasteiger partial charge is 0.383 e. The number of anilines is 1. The molecule has 124 valence electrons. The molecule has 0 saturated heterocycles. The van der Waals surface area contributed by atoms with Gasteiger partial charge in [-0.3, -0.25) is 0 Å². The quantitative estimate of drug-likeness (QED) is 0.667. The lowest BCUT2D eigenvalue weighted by molar-refractivity contribution is 0.0637. The molecule has 3 N–H and O–H groups in total. The van der Waals surface area contributed by atoms with E-state index in [2.05, 4.69) is 15.7 Å². The summed E-state index contributed by atoms with van der Waals surface area (Å²) in [7, 11) is 0. The summed E-state index contributed by atoms with van der Waals surface area (Å²) < 4.78 is 1.68. The molecule has 0 aliphatic rings. The van der Waals surface area contributed by atoms with Crippen LogP contribution in [0.3, 0.4) is 0 Å². The second-order valence-corrected chi connectivity index (χ2v) is 6.52. The zero-order valence-corrected chi connectivity index (χ0v) is 14.0. The first-order chi connectivity index (χ1) is 11.5. The maximum atomic E-state index is 12.0. The van der Waals surface area contributed by atoms with E-state index in [9.17, 15) is 9.90 Å². The van der Waals surface area contributed by atoms with Gasteiger partial charge in [-0.1, -0.05) is 24.3 Å². The minimum absolute atomic E-state index is 0.117. The van der Waals surface area contributed by atoms with Crippen LogP contribution in [0, 0.1) is 0 Å². The minimum Gasteiger partial charge on any atom is -0.383 e. The van der Waals surface area contributed by atoms with Gasteiger partial charge in [-0.2, -0.15) is 5.10 Å². The fourth-order valence-corrected chi connectivity index (χ4v) is 3.00. The molecular weight excluding hydrogens is 324 g/mol. The first-order valence-corrected chi connectivity index (χ1v) is 8.34. The number of amides is 2. The molecule has 0 spiro atoms. The summed E-state index contributed by atoms with van der Waals surface area (Å²) in [5, 5.41) is 21.9. The second-order valence-electron chi connectivity index (χ2n) is 5.57. The highest BCUT2D eigenvalue weighted by Gasteiger charge is 2.24. The Morgan fingerprint density at radius 1 is 1.29 bits per heavy atom. The molecular formula is C17H18N4O2S. The summed E-state index contributed by atoms with van der Waals surface area (Å²) in [4.78, 5) is 12.8. The summed E-state index contributed by atoms with van der Waals surface area (Å²) in [6, 6.07) is 12.9. The Morgan fingerprint density at radius 3 is 2.79 bits per heavy atom. The monoisotopic (exact) mass is 342 g/mol. The van der Waals surface area contributed by atoms with Gasteiger partial charge < -0.3 is 15.7 Å². The molecule has 24 heavy (non-hydrogen) atoms. The van der Waals surface area contributed by atoms with Crippen molar-refractivity contribution in [1.82, 2.24) is 15.1 Å². The van der Waals surface area contributed by atoms with Crippen LogP contribution in [0.25, 0.3) is 5.69 Å². The summed E-state index contributed by atoms with van der Waals surface area (Å²) in [6.07, 6.45) is 3.30. The number of para-hydroxylation sites is 1. The van der Waals surface area contributed by atoms with Gasteiger partial charge in [0, 0.05) is 4.88 Å². The predicted molar refractivity (Wildman–Crippen MR) is 94.5 cm³/mol. The number of nitrogens with zero attached hydrogens (tertiary/aromatic N) is 2. The van der Waals surface area contributed by atoms with Crippen molar-refractivity contribution in [1.29, 1.82) is 0 Å². The van der Waals surface area contributed by atoms with Crippen molar-refractivity contribution in [2.24, 2.45) is 0 Å². The van der Waals surface area contributed by atoms with Crippen molar-refractivity contribution in [2.45, 2.75) is 12.5 Å². The predicted octanol–water partition coefficient (Wildman–Crippen LogP) is 2.96. The van der Waals surface area contributed by atoms with E-state index >= 15 is 0 Å². The molecule has 7 heteroatoms. The zero-order valence-electron chi connectivity index (χ0n) is 13.1. The molecule has 1 atom stereocenters. The second kappa shape index (κ2) is 6.86. The highest BCUT2D eigenvalue weighted by Crippen LogP contribution is 2.24. The van der Waals surface area contributed by atoms with Crippen molar-refractivity contribution in [3.05, 3.63) is 65.1 Å². The molecule has 1 aromatic carbocycles. The third-order valence-corrected chi connectivity index (χ3v) is 4.63. The number of carbonyl (C=O) groups excluding carboxylic acids is 1. The van der Waals surface area contributed by atoms with Gasteiger partial charge in [0.15, 0.2) is 0 Å². The normalized spacial score (nSPS) is 13.2. The number of urea groups is 1. The van der Waals surface area contributed by atoms with Crippen LogP contribution in [0.15, 0.2) is 60.2 Å². The Balaban J connectivity index is 1.57. The van der Waals surface area contributed by atoms with Crippen LogP contribution in [0.2, 0.25) is 0 Å². The van der Waals surface area contributed by atoms with E-state index in [0.717, 1.165) is 10.6 Å². The van der Waals surface area contributed by atoms with Crippen LogP contribution in [-0.2, 0) is 5.60 Å². The summed E-state index contributed by atoms with van der Waals surface area (Å²) in [6.45, 7) is 1.79. The van der Waals surface area contributed by atoms with E-state index in [1.807, 2.05) is 47.8 Å². The molecule has 6 nitrogen and oxygen atoms in total.